The molecule has 0 heterocycles. The molecule has 6 nitrogen and oxygen atoms in total. The van der Waals surface area contributed by atoms with Gasteiger partial charge in [0.15, 0.2) is 0 Å². The van der Waals surface area contributed by atoms with Crippen molar-refractivity contribution in [2.75, 3.05) is 39.3 Å². The topological polar surface area (TPSA) is 124 Å². The lowest BCUT2D eigenvalue weighted by atomic mass is 10.4. The fraction of sp³-hybridized carbons (Fsp3) is 0.667. The molecule has 1 amide bonds. The van der Waals surface area contributed by atoms with Crippen LogP contribution in [-0.4, -0.2) is 50.1 Å². The lowest BCUT2D eigenvalue weighted by Crippen LogP contribution is -2.37. The Morgan fingerprint density at radius 3 is 1.47 bits per heavy atom. The van der Waals surface area contributed by atoms with Crippen molar-refractivity contribution in [2.24, 2.45) is 22.9 Å². The van der Waals surface area contributed by atoms with Gasteiger partial charge in [0.25, 0.3) is 0 Å². The smallest absolute Gasteiger partial charge is 0.240 e. The Balaban J connectivity index is 0. The zero-order chi connectivity index (χ0) is 12.1. The standard InChI is InChI=1S/C6H18N4.C3H5NO/c7-1-4-10(5-2-8)6-3-9;1-2-3(4)5/h1-9H2;2H,1H2,(H2,4,5). The van der Waals surface area contributed by atoms with E-state index in [2.05, 4.69) is 17.2 Å². The third kappa shape index (κ3) is 15.8. The normalized spacial score (nSPS) is 9.33. The number of rotatable bonds is 7. The molecule has 0 spiro atoms. The van der Waals surface area contributed by atoms with Crippen LogP contribution in [0.1, 0.15) is 0 Å². The Kier molecular flexibility index (Phi) is 14.3. The van der Waals surface area contributed by atoms with Gasteiger partial charge in [0, 0.05) is 39.3 Å². The van der Waals surface area contributed by atoms with E-state index in [1.165, 1.54) is 0 Å². The summed E-state index contributed by atoms with van der Waals surface area (Å²) in [6.07, 6.45) is 1.06. The van der Waals surface area contributed by atoms with Gasteiger partial charge in [-0.3, -0.25) is 9.69 Å². The molecular formula is C9H23N5O. The molecular weight excluding hydrogens is 194 g/mol. The summed E-state index contributed by atoms with van der Waals surface area (Å²) in [6.45, 7) is 7.82. The van der Waals surface area contributed by atoms with Crippen molar-refractivity contribution >= 4 is 5.91 Å². The van der Waals surface area contributed by atoms with E-state index in [1.807, 2.05) is 0 Å². The van der Waals surface area contributed by atoms with Crippen LogP contribution in [0.25, 0.3) is 0 Å². The van der Waals surface area contributed by atoms with Crippen LogP contribution < -0.4 is 22.9 Å². The average Bonchev–Trinajstić information content (AvgIpc) is 2.20. The zero-order valence-electron chi connectivity index (χ0n) is 9.19. The molecule has 0 aromatic rings. The summed E-state index contributed by atoms with van der Waals surface area (Å²) in [6, 6.07) is 0. The van der Waals surface area contributed by atoms with Crippen molar-refractivity contribution in [3.8, 4) is 0 Å². The molecule has 0 bridgehead atoms. The van der Waals surface area contributed by atoms with E-state index in [1.54, 1.807) is 0 Å². The van der Waals surface area contributed by atoms with E-state index in [0.29, 0.717) is 19.6 Å². The Bertz CT molecular complexity index is 148. The lowest BCUT2D eigenvalue weighted by molar-refractivity contribution is -0.113. The molecule has 0 fully saturated rings. The molecule has 0 radical (unpaired) electrons. The summed E-state index contributed by atoms with van der Waals surface area (Å²) in [4.78, 5) is 11.6. The van der Waals surface area contributed by atoms with Crippen LogP contribution >= 0.6 is 0 Å². The maximum Gasteiger partial charge on any atom is 0.240 e. The summed E-state index contributed by atoms with van der Waals surface area (Å²) in [5, 5.41) is 0. The van der Waals surface area contributed by atoms with Crippen molar-refractivity contribution < 1.29 is 4.79 Å². The van der Waals surface area contributed by atoms with Gasteiger partial charge in [0.2, 0.25) is 5.91 Å². The number of amides is 1. The van der Waals surface area contributed by atoms with Gasteiger partial charge in [-0.15, -0.1) is 0 Å². The summed E-state index contributed by atoms with van der Waals surface area (Å²) in [7, 11) is 0. The molecule has 6 heteroatoms. The third-order valence-corrected chi connectivity index (χ3v) is 1.54. The summed E-state index contributed by atoms with van der Waals surface area (Å²) in [5.41, 5.74) is 20.6. The molecule has 0 aliphatic rings. The van der Waals surface area contributed by atoms with Crippen LogP contribution in [0.2, 0.25) is 0 Å². The van der Waals surface area contributed by atoms with Crippen LogP contribution in [0.4, 0.5) is 0 Å². The minimum absolute atomic E-state index is 0.481. The van der Waals surface area contributed by atoms with E-state index in [0.717, 1.165) is 25.7 Å². The predicted octanol–water partition coefficient (Wildman–Crippen LogP) is -2.18. The van der Waals surface area contributed by atoms with Crippen LogP contribution in [-0.2, 0) is 4.79 Å². The van der Waals surface area contributed by atoms with Gasteiger partial charge in [-0.1, -0.05) is 6.58 Å². The molecule has 15 heavy (non-hydrogen) atoms. The van der Waals surface area contributed by atoms with Gasteiger partial charge in [0.05, 0.1) is 0 Å². The molecule has 90 valence electrons. The lowest BCUT2D eigenvalue weighted by Gasteiger charge is -2.18. The Morgan fingerprint density at radius 1 is 1.07 bits per heavy atom. The first-order valence-corrected chi connectivity index (χ1v) is 4.86. The van der Waals surface area contributed by atoms with E-state index < -0.39 is 5.91 Å². The van der Waals surface area contributed by atoms with Gasteiger partial charge < -0.3 is 22.9 Å². The molecule has 8 N–H and O–H groups in total. The highest BCUT2D eigenvalue weighted by molar-refractivity contribution is 5.84. The van der Waals surface area contributed by atoms with Crippen molar-refractivity contribution in [1.82, 2.24) is 4.90 Å². The number of nitrogens with two attached hydrogens (primary N) is 4. The van der Waals surface area contributed by atoms with Gasteiger partial charge in [-0.25, -0.2) is 0 Å². The maximum atomic E-state index is 9.47. The Morgan fingerprint density at radius 2 is 1.33 bits per heavy atom. The van der Waals surface area contributed by atoms with Crippen LogP contribution in [0.15, 0.2) is 12.7 Å². The van der Waals surface area contributed by atoms with Crippen LogP contribution in [0, 0.1) is 0 Å². The van der Waals surface area contributed by atoms with Gasteiger partial charge in [-0.05, 0) is 6.08 Å². The molecule has 0 aliphatic heterocycles. The predicted molar refractivity (Wildman–Crippen MR) is 63.0 cm³/mol. The number of hydrogen-bond donors (Lipinski definition) is 4. The van der Waals surface area contributed by atoms with Crippen molar-refractivity contribution in [1.29, 1.82) is 0 Å². The first-order chi connectivity index (χ1) is 7.12. The number of primary amides is 1. The Hall–Kier alpha value is -0.950. The van der Waals surface area contributed by atoms with Crippen LogP contribution in [0.3, 0.4) is 0 Å². The summed E-state index contributed by atoms with van der Waals surface area (Å²) in [5.74, 6) is -0.481. The zero-order valence-corrected chi connectivity index (χ0v) is 9.19. The van der Waals surface area contributed by atoms with Crippen molar-refractivity contribution in [3.63, 3.8) is 0 Å². The van der Waals surface area contributed by atoms with E-state index in [-0.39, 0.29) is 0 Å². The third-order valence-electron chi connectivity index (χ3n) is 1.54. The molecule has 0 aliphatic carbocycles. The monoisotopic (exact) mass is 217 g/mol. The highest BCUT2D eigenvalue weighted by Crippen LogP contribution is 1.81. The van der Waals surface area contributed by atoms with Gasteiger partial charge >= 0.3 is 0 Å². The number of carbonyl (C=O) groups excluding carboxylic acids is 1. The average molecular weight is 217 g/mol. The number of hydrogen-bond acceptors (Lipinski definition) is 5. The Labute approximate surface area is 91.3 Å². The minimum Gasteiger partial charge on any atom is -0.366 e. The van der Waals surface area contributed by atoms with Crippen molar-refractivity contribution in [2.45, 2.75) is 0 Å². The highest BCUT2D eigenvalue weighted by Gasteiger charge is 1.98. The molecule has 0 rings (SSSR count). The highest BCUT2D eigenvalue weighted by atomic mass is 16.1. The summed E-state index contributed by atoms with van der Waals surface area (Å²) >= 11 is 0. The number of carbonyl (C=O) groups is 1. The number of nitrogens with zero attached hydrogens (tertiary/aromatic N) is 1. The van der Waals surface area contributed by atoms with E-state index in [9.17, 15) is 4.79 Å². The summed E-state index contributed by atoms with van der Waals surface area (Å²) < 4.78 is 0. The second kappa shape index (κ2) is 13.1. The van der Waals surface area contributed by atoms with Gasteiger partial charge in [0.1, 0.15) is 0 Å². The SMILES string of the molecule is C=CC(N)=O.NCCN(CCN)CCN. The fourth-order valence-electron chi connectivity index (χ4n) is 0.883. The quantitative estimate of drug-likeness (QED) is 0.361. The largest absolute Gasteiger partial charge is 0.366 e. The van der Waals surface area contributed by atoms with Crippen LogP contribution in [0.5, 0.6) is 0 Å². The maximum absolute atomic E-state index is 9.47. The molecule has 0 unspecified atom stereocenters. The molecule has 0 saturated heterocycles. The first-order valence-electron chi connectivity index (χ1n) is 4.86. The van der Waals surface area contributed by atoms with E-state index in [4.69, 9.17) is 17.2 Å². The molecule has 0 saturated carbocycles. The fourth-order valence-corrected chi connectivity index (χ4v) is 0.883. The van der Waals surface area contributed by atoms with Gasteiger partial charge in [-0.2, -0.15) is 0 Å². The molecule has 0 atom stereocenters. The van der Waals surface area contributed by atoms with E-state index >= 15 is 0 Å². The minimum atomic E-state index is -0.481. The van der Waals surface area contributed by atoms with Crippen molar-refractivity contribution in [3.05, 3.63) is 12.7 Å². The second-order valence-corrected chi connectivity index (χ2v) is 2.81. The first kappa shape index (κ1) is 16.5. The second-order valence-electron chi connectivity index (χ2n) is 2.81. The molecule has 0 aromatic heterocycles. The molecule has 0 aromatic carbocycles.